The molecule has 0 spiro atoms. The quantitative estimate of drug-likeness (QED) is 0.586. The summed E-state index contributed by atoms with van der Waals surface area (Å²) in [6.07, 6.45) is -4.79. The zero-order valence-electron chi connectivity index (χ0n) is 14.2. The molecule has 3 rings (SSSR count). The molecule has 148 valence electrons. The Balaban J connectivity index is 2.01. The molecule has 0 aliphatic heterocycles. The van der Waals surface area contributed by atoms with Gasteiger partial charge in [-0.1, -0.05) is 12.1 Å². The first kappa shape index (κ1) is 20.3. The predicted molar refractivity (Wildman–Crippen MR) is 97.9 cm³/mol. The van der Waals surface area contributed by atoms with Gasteiger partial charge in [-0.2, -0.15) is 11.3 Å². The van der Waals surface area contributed by atoms with E-state index in [1.165, 1.54) is 42.5 Å². The highest BCUT2D eigenvalue weighted by molar-refractivity contribution is 7.89. The van der Waals surface area contributed by atoms with Crippen LogP contribution in [0.3, 0.4) is 0 Å². The number of primary sulfonamides is 1. The molecule has 0 unspecified atom stereocenters. The monoisotopic (exact) mass is 431 g/mol. The van der Waals surface area contributed by atoms with Crippen molar-refractivity contribution in [2.45, 2.75) is 18.2 Å². The summed E-state index contributed by atoms with van der Waals surface area (Å²) < 4.78 is 78.1. The molecule has 2 N–H and O–H groups in total. The predicted octanol–water partition coefficient (Wildman–Crippen LogP) is 5.08. The highest BCUT2D eigenvalue weighted by Gasteiger charge is 2.31. The number of aryl methyl sites for hydroxylation is 1. The van der Waals surface area contributed by atoms with Crippen LogP contribution in [0.4, 0.5) is 17.6 Å². The molecule has 10 heteroatoms. The molecule has 0 amide bonds. The zero-order valence-corrected chi connectivity index (χ0v) is 15.9. The second kappa shape index (κ2) is 7.19. The summed E-state index contributed by atoms with van der Waals surface area (Å²) in [6, 6.07) is 7.76. The Labute approximate surface area is 162 Å². The van der Waals surface area contributed by atoms with Crippen molar-refractivity contribution in [2.75, 3.05) is 0 Å². The van der Waals surface area contributed by atoms with Gasteiger partial charge >= 0.3 is 6.36 Å². The molecule has 0 bridgehead atoms. The minimum absolute atomic E-state index is 0.280. The lowest BCUT2D eigenvalue weighted by Crippen LogP contribution is -2.17. The Morgan fingerprint density at radius 3 is 2.07 bits per heavy atom. The molecule has 0 aliphatic rings. The van der Waals surface area contributed by atoms with Gasteiger partial charge in [0, 0.05) is 11.1 Å². The standard InChI is InChI=1S/C18H13F4NO3S2/c1-10-6-11(2-4-16(10)26-18(20,21)22)13-8-27-9-14(13)12-3-5-17(15(19)7-12)28(23,24)25/h2-9H,1H3,(H2,23,24,25). The SMILES string of the molecule is Cc1cc(-c2cscc2-c2ccc(S(N)(=O)=O)c(F)c2)ccc1OC(F)(F)F. The molecule has 0 saturated heterocycles. The lowest BCUT2D eigenvalue weighted by molar-refractivity contribution is -0.274. The summed E-state index contributed by atoms with van der Waals surface area (Å²) in [5.41, 5.74) is 2.57. The summed E-state index contributed by atoms with van der Waals surface area (Å²) in [5, 5.41) is 8.46. The molecule has 2 aromatic carbocycles. The van der Waals surface area contributed by atoms with Gasteiger partial charge < -0.3 is 4.74 Å². The minimum Gasteiger partial charge on any atom is -0.406 e. The zero-order chi connectivity index (χ0) is 20.7. The van der Waals surface area contributed by atoms with E-state index in [1.54, 1.807) is 10.8 Å². The molecule has 3 aromatic rings. The third-order valence-corrected chi connectivity index (χ3v) is 5.61. The van der Waals surface area contributed by atoms with Crippen LogP contribution >= 0.6 is 11.3 Å². The molecule has 0 aliphatic carbocycles. The van der Waals surface area contributed by atoms with Gasteiger partial charge in [0.15, 0.2) is 0 Å². The summed E-state index contributed by atoms with van der Waals surface area (Å²) in [5.74, 6) is -1.29. The Bertz CT molecular complexity index is 1140. The van der Waals surface area contributed by atoms with Crippen molar-refractivity contribution < 1.29 is 30.7 Å². The van der Waals surface area contributed by atoms with Crippen molar-refractivity contribution in [1.82, 2.24) is 0 Å². The number of ether oxygens (including phenoxy) is 1. The van der Waals surface area contributed by atoms with E-state index in [0.29, 0.717) is 22.3 Å². The van der Waals surface area contributed by atoms with Crippen molar-refractivity contribution >= 4 is 21.4 Å². The van der Waals surface area contributed by atoms with Crippen molar-refractivity contribution in [2.24, 2.45) is 5.14 Å². The molecule has 28 heavy (non-hydrogen) atoms. The highest BCUT2D eigenvalue weighted by Crippen LogP contribution is 2.38. The molecule has 1 aromatic heterocycles. The van der Waals surface area contributed by atoms with E-state index in [9.17, 15) is 26.0 Å². The average molecular weight is 431 g/mol. The number of hydrogen-bond acceptors (Lipinski definition) is 4. The summed E-state index contributed by atoms with van der Waals surface area (Å²) in [6.45, 7) is 1.48. The Hall–Kier alpha value is -2.43. The smallest absolute Gasteiger partial charge is 0.406 e. The lowest BCUT2D eigenvalue weighted by atomic mass is 9.98. The van der Waals surface area contributed by atoms with E-state index in [0.717, 1.165) is 12.1 Å². The average Bonchev–Trinajstić information content (AvgIpc) is 3.04. The Morgan fingerprint density at radius 2 is 1.57 bits per heavy atom. The minimum atomic E-state index is -4.79. The van der Waals surface area contributed by atoms with Gasteiger partial charge in [0.05, 0.1) is 0 Å². The Kier molecular flexibility index (Phi) is 5.22. The number of sulfonamides is 1. The van der Waals surface area contributed by atoms with Crippen LogP contribution in [-0.2, 0) is 10.0 Å². The summed E-state index contributed by atoms with van der Waals surface area (Å²) in [7, 11) is -4.18. The van der Waals surface area contributed by atoms with Gasteiger partial charge in [-0.05, 0) is 58.6 Å². The number of alkyl halides is 3. The maximum atomic E-state index is 14.2. The van der Waals surface area contributed by atoms with Crippen LogP contribution in [-0.4, -0.2) is 14.8 Å². The normalized spacial score (nSPS) is 12.2. The number of benzene rings is 2. The van der Waals surface area contributed by atoms with Crippen LogP contribution < -0.4 is 9.88 Å². The fourth-order valence-corrected chi connectivity index (χ4v) is 4.15. The lowest BCUT2D eigenvalue weighted by Gasteiger charge is -2.13. The first-order valence-corrected chi connectivity index (χ1v) is 10.2. The van der Waals surface area contributed by atoms with Gasteiger partial charge in [-0.25, -0.2) is 17.9 Å². The third kappa shape index (κ3) is 4.34. The van der Waals surface area contributed by atoms with E-state index in [-0.39, 0.29) is 11.3 Å². The van der Waals surface area contributed by atoms with Crippen LogP contribution in [0.15, 0.2) is 52.1 Å². The van der Waals surface area contributed by atoms with E-state index >= 15 is 0 Å². The molecule has 0 saturated carbocycles. The maximum absolute atomic E-state index is 14.2. The number of hydrogen-bond donors (Lipinski definition) is 1. The molecular weight excluding hydrogens is 418 g/mol. The van der Waals surface area contributed by atoms with Crippen molar-refractivity contribution in [3.8, 4) is 28.0 Å². The van der Waals surface area contributed by atoms with Crippen molar-refractivity contribution in [3.63, 3.8) is 0 Å². The van der Waals surface area contributed by atoms with E-state index in [1.807, 2.05) is 0 Å². The molecular formula is C18H13F4NO3S2. The largest absolute Gasteiger partial charge is 0.573 e. The summed E-state index contributed by atoms with van der Waals surface area (Å²) in [4.78, 5) is -0.613. The van der Waals surface area contributed by atoms with Crippen LogP contribution in [0.25, 0.3) is 22.3 Å². The fourth-order valence-electron chi connectivity index (χ4n) is 2.70. The second-order valence-corrected chi connectivity index (χ2v) is 8.19. The van der Waals surface area contributed by atoms with Gasteiger partial charge in [0.25, 0.3) is 0 Å². The first-order chi connectivity index (χ1) is 13.0. The third-order valence-electron chi connectivity index (χ3n) is 3.92. The number of halogens is 4. The molecule has 0 radical (unpaired) electrons. The van der Waals surface area contributed by atoms with Gasteiger partial charge in [0.1, 0.15) is 16.5 Å². The topological polar surface area (TPSA) is 69.4 Å². The van der Waals surface area contributed by atoms with Crippen LogP contribution in [0.1, 0.15) is 5.56 Å². The second-order valence-electron chi connectivity index (χ2n) is 5.92. The van der Waals surface area contributed by atoms with Gasteiger partial charge in [-0.15, -0.1) is 13.2 Å². The molecule has 4 nitrogen and oxygen atoms in total. The van der Waals surface area contributed by atoms with Gasteiger partial charge in [0.2, 0.25) is 10.0 Å². The van der Waals surface area contributed by atoms with Crippen LogP contribution in [0.5, 0.6) is 5.75 Å². The fraction of sp³-hybridized carbons (Fsp3) is 0.111. The summed E-state index contributed by atoms with van der Waals surface area (Å²) >= 11 is 1.31. The number of rotatable bonds is 4. The van der Waals surface area contributed by atoms with Crippen LogP contribution in [0.2, 0.25) is 0 Å². The van der Waals surface area contributed by atoms with Crippen molar-refractivity contribution in [3.05, 3.63) is 58.5 Å². The molecule has 0 atom stereocenters. The maximum Gasteiger partial charge on any atom is 0.573 e. The van der Waals surface area contributed by atoms with E-state index in [2.05, 4.69) is 4.74 Å². The number of thiophene rings is 1. The first-order valence-electron chi connectivity index (χ1n) is 7.71. The Morgan fingerprint density at radius 1 is 1.00 bits per heavy atom. The van der Waals surface area contributed by atoms with E-state index < -0.39 is 27.1 Å². The van der Waals surface area contributed by atoms with E-state index in [4.69, 9.17) is 5.14 Å². The highest BCUT2D eigenvalue weighted by atomic mass is 32.2. The van der Waals surface area contributed by atoms with Crippen molar-refractivity contribution in [1.29, 1.82) is 0 Å². The van der Waals surface area contributed by atoms with Gasteiger partial charge in [-0.3, -0.25) is 0 Å². The molecule has 1 heterocycles. The van der Waals surface area contributed by atoms with Crippen LogP contribution in [0, 0.1) is 12.7 Å². The molecule has 0 fully saturated rings. The number of nitrogens with two attached hydrogens (primary N) is 1.